The van der Waals surface area contributed by atoms with Crippen molar-refractivity contribution in [2.45, 2.75) is 38.8 Å². The molecule has 0 radical (unpaired) electrons. The number of nitrogens with one attached hydrogen (secondary N) is 2. The summed E-state index contributed by atoms with van der Waals surface area (Å²) in [6.45, 7) is 7.15. The monoisotopic (exact) mass is 444 g/mol. The fraction of sp³-hybridized carbons (Fsp3) is 0.619. The van der Waals surface area contributed by atoms with Gasteiger partial charge in [0.1, 0.15) is 12.4 Å². The molecule has 2 fully saturated rings. The van der Waals surface area contributed by atoms with Crippen LogP contribution in [0.5, 0.6) is 0 Å². The molecule has 1 saturated carbocycles. The zero-order valence-corrected chi connectivity index (χ0v) is 19.2. The second-order valence-corrected chi connectivity index (χ2v) is 9.26. The van der Waals surface area contributed by atoms with Gasteiger partial charge in [0.2, 0.25) is 5.91 Å². The van der Waals surface area contributed by atoms with Crippen LogP contribution in [0.25, 0.3) is 0 Å². The summed E-state index contributed by atoms with van der Waals surface area (Å²) in [7, 11) is 1.97. The highest BCUT2D eigenvalue weighted by Gasteiger charge is 2.26. The number of aliphatic imine (C=N–C) groups is 1. The first-order chi connectivity index (χ1) is 15.1. The van der Waals surface area contributed by atoms with Gasteiger partial charge in [-0.3, -0.25) is 9.69 Å². The number of aryl methyl sites for hydroxylation is 1. The molecule has 0 aromatic carbocycles. The molecule has 2 aliphatic rings. The standard InChI is InChI=1S/C21H32N8OS/c1-16-25-26-19(27(16)2)14-23-21(22-8-7-18-4-3-13-31-18)29-11-9-28(10-12-29)15-20(30)24-17-5-6-17/h3-4,13,17H,5-12,14-15H2,1-2H3,(H,22,23)(H,24,30). The van der Waals surface area contributed by atoms with E-state index < -0.39 is 0 Å². The SMILES string of the molecule is Cc1nnc(CN=C(NCCc2cccs2)N2CCN(CC(=O)NC3CC3)CC2)n1C. The molecule has 0 spiro atoms. The first-order valence-corrected chi connectivity index (χ1v) is 11.9. The van der Waals surface area contributed by atoms with Gasteiger partial charge in [0, 0.05) is 50.7 Å². The lowest BCUT2D eigenvalue weighted by molar-refractivity contribution is -0.122. The van der Waals surface area contributed by atoms with Gasteiger partial charge in [-0.15, -0.1) is 21.5 Å². The number of amides is 1. The Bertz CT molecular complexity index is 881. The van der Waals surface area contributed by atoms with Crippen molar-refractivity contribution in [3.05, 3.63) is 34.0 Å². The normalized spacial score (nSPS) is 17.7. The Morgan fingerprint density at radius 3 is 2.71 bits per heavy atom. The van der Waals surface area contributed by atoms with Crippen LogP contribution in [0.15, 0.2) is 22.5 Å². The molecule has 1 aliphatic heterocycles. The van der Waals surface area contributed by atoms with Crippen LogP contribution >= 0.6 is 11.3 Å². The third-order valence-corrected chi connectivity index (χ3v) is 6.71. The van der Waals surface area contributed by atoms with Crippen LogP contribution in [-0.2, 0) is 24.8 Å². The molecule has 1 amide bonds. The molecule has 1 aliphatic carbocycles. The highest BCUT2D eigenvalue weighted by molar-refractivity contribution is 7.09. The highest BCUT2D eigenvalue weighted by Crippen LogP contribution is 2.18. The van der Waals surface area contributed by atoms with E-state index in [2.05, 4.69) is 48.1 Å². The summed E-state index contributed by atoms with van der Waals surface area (Å²) in [6, 6.07) is 4.67. The maximum absolute atomic E-state index is 12.1. The number of hydrogen-bond donors (Lipinski definition) is 2. The van der Waals surface area contributed by atoms with Crippen LogP contribution in [0.4, 0.5) is 0 Å². The van der Waals surface area contributed by atoms with E-state index >= 15 is 0 Å². The van der Waals surface area contributed by atoms with E-state index in [0.717, 1.165) is 69.6 Å². The minimum absolute atomic E-state index is 0.150. The molecule has 3 heterocycles. The zero-order valence-electron chi connectivity index (χ0n) is 18.4. The lowest BCUT2D eigenvalue weighted by Crippen LogP contribution is -2.54. The molecule has 0 bridgehead atoms. The summed E-state index contributed by atoms with van der Waals surface area (Å²) >= 11 is 1.78. The number of rotatable bonds is 8. The summed E-state index contributed by atoms with van der Waals surface area (Å²) < 4.78 is 1.98. The van der Waals surface area contributed by atoms with Gasteiger partial charge >= 0.3 is 0 Å². The molecule has 2 N–H and O–H groups in total. The Labute approximate surface area is 187 Å². The molecule has 4 rings (SSSR count). The number of carbonyl (C=O) groups is 1. The van der Waals surface area contributed by atoms with E-state index in [-0.39, 0.29) is 5.91 Å². The van der Waals surface area contributed by atoms with Crippen molar-refractivity contribution in [3.8, 4) is 0 Å². The van der Waals surface area contributed by atoms with Crippen molar-refractivity contribution >= 4 is 23.2 Å². The number of thiophene rings is 1. The molecule has 1 saturated heterocycles. The minimum Gasteiger partial charge on any atom is -0.356 e. The quantitative estimate of drug-likeness (QED) is 0.462. The number of guanidine groups is 1. The topological polar surface area (TPSA) is 90.7 Å². The summed E-state index contributed by atoms with van der Waals surface area (Å²) in [4.78, 5) is 22.8. The Morgan fingerprint density at radius 1 is 1.26 bits per heavy atom. The van der Waals surface area contributed by atoms with Gasteiger partial charge in [0.25, 0.3) is 0 Å². The van der Waals surface area contributed by atoms with Crippen LogP contribution in [0.2, 0.25) is 0 Å². The van der Waals surface area contributed by atoms with Crippen molar-refractivity contribution < 1.29 is 4.79 Å². The average molecular weight is 445 g/mol. The summed E-state index contributed by atoms with van der Waals surface area (Å²) in [6.07, 6.45) is 3.23. The van der Waals surface area contributed by atoms with Gasteiger partial charge < -0.3 is 20.1 Å². The van der Waals surface area contributed by atoms with Gasteiger partial charge in [-0.1, -0.05) is 6.07 Å². The second kappa shape index (κ2) is 10.2. The van der Waals surface area contributed by atoms with Gasteiger partial charge in [-0.2, -0.15) is 0 Å². The maximum Gasteiger partial charge on any atom is 0.234 e. The number of piperazine rings is 1. The zero-order chi connectivity index (χ0) is 21.6. The van der Waals surface area contributed by atoms with E-state index in [1.54, 1.807) is 11.3 Å². The van der Waals surface area contributed by atoms with E-state index in [0.29, 0.717) is 19.1 Å². The van der Waals surface area contributed by atoms with E-state index in [1.807, 2.05) is 18.5 Å². The molecular formula is C21H32N8OS. The molecule has 2 aromatic rings. The number of nitrogens with zero attached hydrogens (tertiary/aromatic N) is 6. The Kier molecular flexibility index (Phi) is 7.18. The van der Waals surface area contributed by atoms with E-state index in [9.17, 15) is 4.79 Å². The van der Waals surface area contributed by atoms with E-state index in [1.165, 1.54) is 4.88 Å². The first-order valence-electron chi connectivity index (χ1n) is 11.0. The largest absolute Gasteiger partial charge is 0.356 e. The van der Waals surface area contributed by atoms with Crippen molar-refractivity contribution in [2.24, 2.45) is 12.0 Å². The second-order valence-electron chi connectivity index (χ2n) is 8.22. The summed E-state index contributed by atoms with van der Waals surface area (Å²) in [5.41, 5.74) is 0. The molecule has 9 nitrogen and oxygen atoms in total. The number of aromatic nitrogens is 3. The Balaban J connectivity index is 1.33. The van der Waals surface area contributed by atoms with Crippen LogP contribution in [0.3, 0.4) is 0 Å². The Hall–Kier alpha value is -2.46. The lowest BCUT2D eigenvalue weighted by Gasteiger charge is -2.36. The third kappa shape index (κ3) is 6.27. The molecular weight excluding hydrogens is 412 g/mol. The van der Waals surface area contributed by atoms with Crippen molar-refractivity contribution in [1.29, 1.82) is 0 Å². The predicted molar refractivity (Wildman–Crippen MR) is 122 cm³/mol. The van der Waals surface area contributed by atoms with Crippen LogP contribution < -0.4 is 10.6 Å². The van der Waals surface area contributed by atoms with Gasteiger partial charge in [0.15, 0.2) is 11.8 Å². The summed E-state index contributed by atoms with van der Waals surface area (Å²) in [5.74, 6) is 2.79. The number of carbonyl (C=O) groups excluding carboxylic acids is 1. The predicted octanol–water partition coefficient (Wildman–Crippen LogP) is 0.770. The fourth-order valence-electron chi connectivity index (χ4n) is 3.58. The van der Waals surface area contributed by atoms with Crippen LogP contribution in [-0.4, -0.2) is 81.7 Å². The molecule has 31 heavy (non-hydrogen) atoms. The minimum atomic E-state index is 0.150. The van der Waals surface area contributed by atoms with Gasteiger partial charge in [-0.05, 0) is 37.6 Å². The van der Waals surface area contributed by atoms with Gasteiger partial charge in [-0.25, -0.2) is 4.99 Å². The molecule has 10 heteroatoms. The first kappa shape index (κ1) is 21.8. The third-order valence-electron chi connectivity index (χ3n) is 5.77. The van der Waals surface area contributed by atoms with Crippen LogP contribution in [0.1, 0.15) is 29.4 Å². The van der Waals surface area contributed by atoms with Crippen molar-refractivity contribution in [3.63, 3.8) is 0 Å². The lowest BCUT2D eigenvalue weighted by atomic mass is 10.3. The molecule has 2 aromatic heterocycles. The van der Waals surface area contributed by atoms with Gasteiger partial charge in [0.05, 0.1) is 6.54 Å². The van der Waals surface area contributed by atoms with E-state index in [4.69, 9.17) is 4.99 Å². The number of hydrogen-bond acceptors (Lipinski definition) is 6. The molecule has 168 valence electrons. The fourth-order valence-corrected chi connectivity index (χ4v) is 4.29. The average Bonchev–Trinajstić information content (AvgIpc) is 3.30. The highest BCUT2D eigenvalue weighted by atomic mass is 32.1. The molecule has 0 atom stereocenters. The Morgan fingerprint density at radius 2 is 2.06 bits per heavy atom. The smallest absolute Gasteiger partial charge is 0.234 e. The summed E-state index contributed by atoms with van der Waals surface area (Å²) in [5, 5.41) is 17.1. The van der Waals surface area contributed by atoms with Crippen LogP contribution in [0, 0.1) is 6.92 Å². The van der Waals surface area contributed by atoms with Crippen molar-refractivity contribution in [1.82, 2.24) is 35.2 Å². The molecule has 0 unspecified atom stereocenters. The maximum atomic E-state index is 12.1. The van der Waals surface area contributed by atoms with Crippen molar-refractivity contribution in [2.75, 3.05) is 39.3 Å².